The highest BCUT2D eigenvalue weighted by Gasteiger charge is 2.43. The van der Waals surface area contributed by atoms with E-state index in [4.69, 9.17) is 0 Å². The van der Waals surface area contributed by atoms with E-state index < -0.39 is 24.1 Å². The van der Waals surface area contributed by atoms with E-state index in [9.17, 15) is 20.0 Å². The number of amides is 2. The normalized spacial score (nSPS) is 23.1. The second kappa shape index (κ2) is 10.6. The number of carbonyl (C=O) groups excluding carboxylic acids is 2. The Labute approximate surface area is 211 Å². The Morgan fingerprint density at radius 3 is 2.58 bits per heavy atom. The van der Waals surface area contributed by atoms with Crippen molar-refractivity contribution in [2.75, 3.05) is 11.4 Å². The Balaban J connectivity index is 1.54. The number of hydrogen-bond donors (Lipinski definition) is 2. The first-order valence-corrected chi connectivity index (χ1v) is 12.9. The van der Waals surface area contributed by atoms with Gasteiger partial charge in [-0.25, -0.2) is 4.98 Å². The monoisotopic (exact) mass is 488 g/mol. The van der Waals surface area contributed by atoms with E-state index in [0.717, 1.165) is 50.5 Å². The van der Waals surface area contributed by atoms with E-state index in [0.29, 0.717) is 17.3 Å². The topological polar surface area (TPSA) is 122 Å². The number of nitrogens with zero attached hydrogens (tertiary/aromatic N) is 5. The highest BCUT2D eigenvalue weighted by molar-refractivity contribution is 6.03. The summed E-state index contributed by atoms with van der Waals surface area (Å²) in [6.45, 7) is 0.0840. The molecular weight excluding hydrogens is 456 g/mol. The van der Waals surface area contributed by atoms with E-state index in [1.807, 2.05) is 12.3 Å². The summed E-state index contributed by atoms with van der Waals surface area (Å²) in [5.41, 5.74) is 1.68. The highest BCUT2D eigenvalue weighted by Crippen LogP contribution is 2.40. The summed E-state index contributed by atoms with van der Waals surface area (Å²) in [6, 6.07) is 5.43. The molecule has 2 amide bonds. The molecule has 2 aliphatic carbocycles. The average Bonchev–Trinajstić information content (AvgIpc) is 3.69. The summed E-state index contributed by atoms with van der Waals surface area (Å²) >= 11 is 0. The van der Waals surface area contributed by atoms with Gasteiger partial charge in [0.25, 0.3) is 5.91 Å². The quantitative estimate of drug-likeness (QED) is 0.575. The smallest absolute Gasteiger partial charge is 0.252 e. The molecule has 3 heterocycles. The number of likely N-dealkylation sites (tertiary alicyclic amines) is 1. The average molecular weight is 489 g/mol. The molecule has 2 saturated carbocycles. The van der Waals surface area contributed by atoms with Gasteiger partial charge in [0.2, 0.25) is 5.91 Å². The lowest BCUT2D eigenvalue weighted by molar-refractivity contribution is -0.128. The van der Waals surface area contributed by atoms with Crippen LogP contribution >= 0.6 is 0 Å². The predicted molar refractivity (Wildman–Crippen MR) is 132 cm³/mol. The van der Waals surface area contributed by atoms with Gasteiger partial charge in [0.1, 0.15) is 17.9 Å². The minimum absolute atomic E-state index is 0.0523. The van der Waals surface area contributed by atoms with Crippen LogP contribution in [0.25, 0.3) is 0 Å². The minimum atomic E-state index is -1.01. The summed E-state index contributed by atoms with van der Waals surface area (Å²) in [5.74, 6) is 0.112. The van der Waals surface area contributed by atoms with Crippen LogP contribution in [0.5, 0.6) is 0 Å². The molecule has 0 bridgehead atoms. The van der Waals surface area contributed by atoms with E-state index in [1.165, 1.54) is 9.80 Å². The molecule has 0 radical (unpaired) electrons. The lowest BCUT2D eigenvalue weighted by atomic mass is 9.94. The zero-order chi connectivity index (χ0) is 25.1. The molecule has 5 rings (SSSR count). The number of anilines is 1. The summed E-state index contributed by atoms with van der Waals surface area (Å²) in [4.78, 5) is 39.5. The van der Waals surface area contributed by atoms with Gasteiger partial charge in [0, 0.05) is 36.6 Å². The van der Waals surface area contributed by atoms with E-state index >= 15 is 0 Å². The van der Waals surface area contributed by atoms with Crippen LogP contribution in [0.3, 0.4) is 0 Å². The van der Waals surface area contributed by atoms with E-state index in [1.54, 1.807) is 36.8 Å². The van der Waals surface area contributed by atoms with Crippen LogP contribution in [0, 0.1) is 11.5 Å². The minimum Gasteiger partial charge on any atom is -0.391 e. The van der Waals surface area contributed by atoms with Gasteiger partial charge in [0.15, 0.2) is 6.19 Å². The fourth-order valence-electron chi connectivity index (χ4n) is 5.37. The van der Waals surface area contributed by atoms with Crippen molar-refractivity contribution >= 4 is 17.6 Å². The number of rotatable bonds is 7. The predicted octanol–water partition coefficient (Wildman–Crippen LogP) is 2.79. The molecule has 2 aromatic rings. The van der Waals surface area contributed by atoms with Crippen LogP contribution in [0.1, 0.15) is 74.5 Å². The molecular formula is C27H32N6O3. The van der Waals surface area contributed by atoms with Crippen molar-refractivity contribution in [3.05, 3.63) is 54.0 Å². The molecule has 9 nitrogen and oxygen atoms in total. The van der Waals surface area contributed by atoms with Gasteiger partial charge < -0.3 is 10.4 Å². The molecule has 3 aliphatic rings. The molecule has 3 fully saturated rings. The summed E-state index contributed by atoms with van der Waals surface area (Å²) in [5, 5.41) is 23.0. The first-order valence-electron chi connectivity index (χ1n) is 12.9. The van der Waals surface area contributed by atoms with Crippen LogP contribution in [-0.4, -0.2) is 56.5 Å². The summed E-state index contributed by atoms with van der Waals surface area (Å²) in [7, 11) is 0. The molecule has 0 aromatic carbocycles. The Hall–Kier alpha value is -3.51. The van der Waals surface area contributed by atoms with Gasteiger partial charge in [-0.1, -0.05) is 31.4 Å². The molecule has 0 spiro atoms. The molecule has 36 heavy (non-hydrogen) atoms. The van der Waals surface area contributed by atoms with Crippen LogP contribution < -0.4 is 10.2 Å². The first-order chi connectivity index (χ1) is 17.5. The van der Waals surface area contributed by atoms with Gasteiger partial charge in [-0.2, -0.15) is 5.26 Å². The van der Waals surface area contributed by atoms with Crippen LogP contribution in [0.4, 0.5) is 5.82 Å². The molecule has 1 unspecified atom stereocenters. The van der Waals surface area contributed by atoms with Crippen molar-refractivity contribution in [3.8, 4) is 6.19 Å². The van der Waals surface area contributed by atoms with Gasteiger partial charge in [-0.3, -0.25) is 24.4 Å². The number of nitriles is 1. The van der Waals surface area contributed by atoms with Gasteiger partial charge in [-0.15, -0.1) is 0 Å². The maximum atomic E-state index is 14.1. The van der Waals surface area contributed by atoms with Crippen molar-refractivity contribution in [1.29, 1.82) is 5.26 Å². The van der Waals surface area contributed by atoms with E-state index in [2.05, 4.69) is 15.3 Å². The molecule has 9 heteroatoms. The number of aromatic nitrogens is 2. The van der Waals surface area contributed by atoms with Crippen molar-refractivity contribution < 1.29 is 14.7 Å². The molecule has 1 aliphatic heterocycles. The second-order valence-corrected chi connectivity index (χ2v) is 10.1. The summed E-state index contributed by atoms with van der Waals surface area (Å²) in [6.07, 6.45) is 13.7. The number of hydrogen-bond acceptors (Lipinski definition) is 7. The molecule has 2 N–H and O–H groups in total. The number of carbonyl (C=O) groups is 2. The largest absolute Gasteiger partial charge is 0.391 e. The number of nitrogens with one attached hydrogen (secondary N) is 1. The Morgan fingerprint density at radius 1 is 1.14 bits per heavy atom. The Kier molecular flexibility index (Phi) is 7.14. The highest BCUT2D eigenvalue weighted by atomic mass is 16.3. The third-order valence-electron chi connectivity index (χ3n) is 7.45. The number of aliphatic hydroxyl groups excluding tert-OH is 1. The molecule has 2 aromatic heterocycles. The zero-order valence-electron chi connectivity index (χ0n) is 20.3. The third kappa shape index (κ3) is 5.19. The van der Waals surface area contributed by atoms with Crippen molar-refractivity contribution in [2.45, 2.75) is 81.5 Å². The van der Waals surface area contributed by atoms with Gasteiger partial charge in [0.05, 0.1) is 12.6 Å². The Bertz CT molecular complexity index is 1110. The van der Waals surface area contributed by atoms with E-state index in [-0.39, 0.29) is 24.9 Å². The van der Waals surface area contributed by atoms with Crippen LogP contribution in [-0.2, 0) is 9.59 Å². The second-order valence-electron chi connectivity index (χ2n) is 10.1. The lowest BCUT2D eigenvalue weighted by Gasteiger charge is -2.34. The lowest BCUT2D eigenvalue weighted by Crippen LogP contribution is -2.52. The SMILES string of the molecule is N#CN1C[C@H](O)C[C@@H]1C(=O)N(c1ccc(C2CC2)cn1)C(C(=O)NC1CCCCC1)c1cccnc1. The van der Waals surface area contributed by atoms with Crippen LogP contribution in [0.15, 0.2) is 42.9 Å². The number of β-amino-alcohol motifs (C(OH)–C–C–N with tert-alkyl or cyclic N) is 1. The molecule has 188 valence electrons. The standard InChI is InChI=1S/C27H32N6O3/c28-17-32-16-22(34)13-23(32)27(36)33(24-11-10-19(15-30-24)18-8-9-18)25(20-5-4-12-29-14-20)26(35)31-21-6-2-1-3-7-21/h4-5,10-12,14-15,18,21-23,25,34H,1-3,6-9,13,16H2,(H,31,35)/t22-,23-,25?/m1/s1. The summed E-state index contributed by atoms with van der Waals surface area (Å²) < 4.78 is 0. The van der Waals surface area contributed by atoms with Crippen molar-refractivity contribution in [1.82, 2.24) is 20.2 Å². The fourth-order valence-corrected chi connectivity index (χ4v) is 5.37. The molecule has 3 atom stereocenters. The Morgan fingerprint density at radius 2 is 1.94 bits per heavy atom. The van der Waals surface area contributed by atoms with Crippen molar-refractivity contribution in [2.24, 2.45) is 0 Å². The first kappa shape index (κ1) is 24.2. The van der Waals surface area contributed by atoms with Crippen LogP contribution in [0.2, 0.25) is 0 Å². The van der Waals surface area contributed by atoms with Gasteiger partial charge in [-0.05, 0) is 49.3 Å². The maximum absolute atomic E-state index is 14.1. The van der Waals surface area contributed by atoms with Gasteiger partial charge >= 0.3 is 0 Å². The third-order valence-corrected chi connectivity index (χ3v) is 7.45. The number of aliphatic hydroxyl groups is 1. The molecule has 1 saturated heterocycles. The van der Waals surface area contributed by atoms with Crippen molar-refractivity contribution in [3.63, 3.8) is 0 Å². The number of pyridine rings is 2. The maximum Gasteiger partial charge on any atom is 0.252 e. The fraction of sp³-hybridized carbons (Fsp3) is 0.519. The zero-order valence-corrected chi connectivity index (χ0v) is 20.3.